The largest absolute Gasteiger partial charge is 0.424 e. The summed E-state index contributed by atoms with van der Waals surface area (Å²) in [5, 5.41) is 21.0. The summed E-state index contributed by atoms with van der Waals surface area (Å²) in [7, 11) is 0. The Morgan fingerprint density at radius 2 is 1.81 bits per heavy atom. The van der Waals surface area contributed by atoms with Crippen LogP contribution in [0.15, 0.2) is 30.3 Å². The number of halogens is 3. The second kappa shape index (κ2) is 7.41. The smallest absolute Gasteiger partial charge is 0.380 e. The van der Waals surface area contributed by atoms with Crippen LogP contribution in [0.1, 0.15) is 31.7 Å². The van der Waals surface area contributed by atoms with Crippen LogP contribution in [0.5, 0.6) is 0 Å². The van der Waals surface area contributed by atoms with E-state index in [2.05, 4.69) is 4.90 Å². The van der Waals surface area contributed by atoms with Crippen molar-refractivity contribution in [1.82, 2.24) is 9.80 Å². The first kappa shape index (κ1) is 20.1. The zero-order chi connectivity index (χ0) is 19.8. The summed E-state index contributed by atoms with van der Waals surface area (Å²) in [6.07, 6.45) is -5.77. The van der Waals surface area contributed by atoms with Crippen molar-refractivity contribution in [2.45, 2.75) is 56.2 Å². The number of fused-ring (bicyclic) bond motifs is 2. The van der Waals surface area contributed by atoms with Crippen LogP contribution in [-0.4, -0.2) is 69.9 Å². The number of carbonyl (C=O) groups excluding carboxylic acids is 1. The van der Waals surface area contributed by atoms with Gasteiger partial charge in [0.15, 0.2) is 6.10 Å². The number of aliphatic hydroxyl groups is 2. The Morgan fingerprint density at radius 1 is 1.19 bits per heavy atom. The molecule has 2 N–H and O–H groups in total. The number of nitrogens with zero attached hydrogens (tertiary/aromatic N) is 2. The molecule has 1 aromatic rings. The minimum absolute atomic E-state index is 0.207. The molecular formula is C19H25F3N2O3. The van der Waals surface area contributed by atoms with Crippen LogP contribution >= 0.6 is 0 Å². The molecule has 5 nitrogen and oxygen atoms in total. The maximum Gasteiger partial charge on any atom is 0.424 e. The molecule has 27 heavy (non-hydrogen) atoms. The molecule has 0 saturated carbocycles. The molecule has 0 aromatic heterocycles. The van der Waals surface area contributed by atoms with E-state index in [0.717, 1.165) is 25.2 Å². The highest BCUT2D eigenvalue weighted by Gasteiger charge is 2.63. The van der Waals surface area contributed by atoms with Crippen molar-refractivity contribution in [3.05, 3.63) is 35.9 Å². The molecule has 1 aromatic carbocycles. The molecule has 0 radical (unpaired) electrons. The second-order valence-electron chi connectivity index (χ2n) is 7.35. The van der Waals surface area contributed by atoms with Crippen molar-refractivity contribution in [2.24, 2.45) is 0 Å². The zero-order valence-corrected chi connectivity index (χ0v) is 15.2. The fourth-order valence-corrected chi connectivity index (χ4v) is 4.28. The highest BCUT2D eigenvalue weighted by molar-refractivity contribution is 5.83. The predicted octanol–water partition coefficient (Wildman–Crippen LogP) is 1.88. The van der Waals surface area contributed by atoms with Crippen LogP contribution in [0.4, 0.5) is 13.2 Å². The molecule has 2 saturated heterocycles. The number of rotatable bonds is 4. The van der Waals surface area contributed by atoms with Gasteiger partial charge in [-0.2, -0.15) is 13.2 Å². The summed E-state index contributed by atoms with van der Waals surface area (Å²) < 4.78 is 41.4. The molecule has 2 fully saturated rings. The molecule has 4 atom stereocenters. The average Bonchev–Trinajstić information content (AvgIpc) is 2.94. The van der Waals surface area contributed by atoms with E-state index < -0.39 is 29.4 Å². The third kappa shape index (κ3) is 3.46. The van der Waals surface area contributed by atoms with E-state index in [1.54, 1.807) is 0 Å². The van der Waals surface area contributed by atoms with Gasteiger partial charge < -0.3 is 20.0 Å². The van der Waals surface area contributed by atoms with Crippen LogP contribution in [0.3, 0.4) is 0 Å². The van der Waals surface area contributed by atoms with E-state index in [4.69, 9.17) is 0 Å². The lowest BCUT2D eigenvalue weighted by molar-refractivity contribution is -0.295. The molecular weight excluding hydrogens is 361 g/mol. The van der Waals surface area contributed by atoms with E-state index in [-0.39, 0.29) is 12.1 Å². The number of likely N-dealkylation sites (N-methyl/N-ethyl adjacent to an activating group) is 1. The first-order chi connectivity index (χ1) is 12.7. The summed E-state index contributed by atoms with van der Waals surface area (Å²) >= 11 is 0. The summed E-state index contributed by atoms with van der Waals surface area (Å²) in [5.74, 6) is -1.05. The fourth-order valence-electron chi connectivity index (χ4n) is 4.28. The van der Waals surface area contributed by atoms with Crippen molar-refractivity contribution >= 4 is 5.91 Å². The molecule has 0 aliphatic carbocycles. The van der Waals surface area contributed by atoms with Gasteiger partial charge in [0, 0.05) is 25.2 Å². The molecule has 2 bridgehead atoms. The van der Waals surface area contributed by atoms with Crippen molar-refractivity contribution in [3.63, 3.8) is 0 Å². The van der Waals surface area contributed by atoms with Gasteiger partial charge >= 0.3 is 6.18 Å². The molecule has 2 aliphatic heterocycles. The van der Waals surface area contributed by atoms with Crippen molar-refractivity contribution < 1.29 is 28.2 Å². The van der Waals surface area contributed by atoms with Gasteiger partial charge in [-0.25, -0.2) is 0 Å². The van der Waals surface area contributed by atoms with Gasteiger partial charge in [0.2, 0.25) is 5.60 Å². The van der Waals surface area contributed by atoms with Crippen molar-refractivity contribution in [2.75, 3.05) is 19.6 Å². The fraction of sp³-hybridized carbons (Fsp3) is 0.632. The molecule has 2 aliphatic rings. The molecule has 2 heterocycles. The van der Waals surface area contributed by atoms with Gasteiger partial charge in [0.05, 0.1) is 0 Å². The summed E-state index contributed by atoms with van der Waals surface area (Å²) in [4.78, 5) is 16.5. The number of benzene rings is 1. The highest BCUT2D eigenvalue weighted by atomic mass is 19.4. The highest BCUT2D eigenvalue weighted by Crippen LogP contribution is 2.43. The number of likely N-dealkylation sites (tertiary alicyclic amines) is 1. The van der Waals surface area contributed by atoms with Crippen LogP contribution in [-0.2, 0) is 10.4 Å². The molecule has 0 spiro atoms. The molecule has 1 amide bonds. The van der Waals surface area contributed by atoms with Crippen LogP contribution < -0.4 is 0 Å². The molecule has 8 heteroatoms. The summed E-state index contributed by atoms with van der Waals surface area (Å²) in [6, 6.07) is 5.85. The maximum atomic E-state index is 13.8. The van der Waals surface area contributed by atoms with Gasteiger partial charge in [-0.3, -0.25) is 4.79 Å². The SMILES string of the molecule is CCN1CCC2CCC(C1)N2C(=O)C(O)C(O)(c1ccccc1)C(F)(F)F. The Bertz CT molecular complexity index is 670. The Hall–Kier alpha value is -1.64. The average molecular weight is 386 g/mol. The monoisotopic (exact) mass is 386 g/mol. The van der Waals surface area contributed by atoms with Gasteiger partial charge in [-0.15, -0.1) is 0 Å². The predicted molar refractivity (Wildman–Crippen MR) is 92.8 cm³/mol. The van der Waals surface area contributed by atoms with E-state index in [0.29, 0.717) is 25.8 Å². The number of amides is 1. The first-order valence-corrected chi connectivity index (χ1v) is 9.27. The number of hydrogen-bond donors (Lipinski definition) is 2. The third-order valence-electron chi connectivity index (χ3n) is 5.84. The Kier molecular flexibility index (Phi) is 5.52. The minimum Gasteiger partial charge on any atom is -0.380 e. The van der Waals surface area contributed by atoms with Gasteiger partial charge in [-0.1, -0.05) is 37.3 Å². The summed E-state index contributed by atoms with van der Waals surface area (Å²) in [5.41, 5.74) is -4.20. The van der Waals surface area contributed by atoms with Crippen molar-refractivity contribution in [1.29, 1.82) is 0 Å². The summed E-state index contributed by atoms with van der Waals surface area (Å²) in [6.45, 7) is 4.13. The standard InChI is InChI=1S/C19H25F3N2O3/c1-2-23-11-10-14-8-9-15(12-23)24(14)17(26)16(25)18(27,19(20,21)22)13-6-4-3-5-7-13/h3-7,14-16,25,27H,2,8-12H2,1H3. The lowest BCUT2D eigenvalue weighted by Gasteiger charge is -2.38. The van der Waals surface area contributed by atoms with Crippen LogP contribution in [0.25, 0.3) is 0 Å². The van der Waals surface area contributed by atoms with Crippen LogP contribution in [0, 0.1) is 0 Å². The van der Waals surface area contributed by atoms with E-state index in [1.807, 2.05) is 6.92 Å². The molecule has 150 valence electrons. The molecule has 3 rings (SSSR count). The Balaban J connectivity index is 1.93. The Morgan fingerprint density at radius 3 is 2.41 bits per heavy atom. The van der Waals surface area contributed by atoms with Crippen molar-refractivity contribution in [3.8, 4) is 0 Å². The van der Waals surface area contributed by atoms with Gasteiger partial charge in [0.1, 0.15) is 0 Å². The van der Waals surface area contributed by atoms with Crippen LogP contribution in [0.2, 0.25) is 0 Å². The zero-order valence-electron chi connectivity index (χ0n) is 15.2. The Labute approximate surface area is 156 Å². The quantitative estimate of drug-likeness (QED) is 0.830. The molecule has 4 unspecified atom stereocenters. The first-order valence-electron chi connectivity index (χ1n) is 9.27. The van der Waals surface area contributed by atoms with E-state index in [9.17, 15) is 28.2 Å². The second-order valence-corrected chi connectivity index (χ2v) is 7.35. The van der Waals surface area contributed by atoms with Gasteiger partial charge in [-0.05, 0) is 31.4 Å². The van der Waals surface area contributed by atoms with E-state index >= 15 is 0 Å². The number of carbonyl (C=O) groups is 1. The number of alkyl halides is 3. The third-order valence-corrected chi connectivity index (χ3v) is 5.84. The van der Waals surface area contributed by atoms with Gasteiger partial charge in [0.25, 0.3) is 5.91 Å². The number of aliphatic hydroxyl groups excluding tert-OH is 1. The van der Waals surface area contributed by atoms with E-state index in [1.165, 1.54) is 23.1 Å². The topological polar surface area (TPSA) is 64.0 Å². The lowest BCUT2D eigenvalue weighted by Crippen LogP contribution is -2.60. The number of hydrogen-bond acceptors (Lipinski definition) is 4. The maximum absolute atomic E-state index is 13.8. The minimum atomic E-state index is -5.20. The normalized spacial score (nSPS) is 27.1. The lowest BCUT2D eigenvalue weighted by atomic mass is 9.86.